The second-order valence-electron chi connectivity index (χ2n) is 4.47. The van der Waals surface area contributed by atoms with Gasteiger partial charge in [0.2, 0.25) is 0 Å². The Morgan fingerprint density at radius 3 is 2.52 bits per heavy atom. The number of sulfonamides is 1. The Labute approximate surface area is 131 Å². The zero-order valence-electron chi connectivity index (χ0n) is 10.9. The molecule has 1 N–H and O–H groups in total. The monoisotopic (exact) mass is 339 g/mol. The van der Waals surface area contributed by atoms with Gasteiger partial charge < -0.3 is 0 Å². The summed E-state index contributed by atoms with van der Waals surface area (Å²) in [4.78, 5) is 0.171. The highest BCUT2D eigenvalue weighted by Gasteiger charge is 2.19. The van der Waals surface area contributed by atoms with Gasteiger partial charge >= 0.3 is 0 Å². The first kappa shape index (κ1) is 14.2. The first-order valence-corrected chi connectivity index (χ1v) is 8.57. The van der Waals surface area contributed by atoms with Crippen molar-refractivity contribution in [1.82, 2.24) is 8.75 Å². The molecule has 1 heterocycles. The van der Waals surface area contributed by atoms with E-state index in [0.717, 1.165) is 17.3 Å². The molecule has 21 heavy (non-hydrogen) atoms. The second-order valence-corrected chi connectivity index (χ2v) is 7.09. The summed E-state index contributed by atoms with van der Waals surface area (Å²) in [5.74, 6) is 0. The van der Waals surface area contributed by atoms with Crippen molar-refractivity contribution in [2.45, 2.75) is 11.8 Å². The van der Waals surface area contributed by atoms with Gasteiger partial charge in [0.25, 0.3) is 10.0 Å². The fourth-order valence-corrected chi connectivity index (χ4v) is 3.72. The smallest absolute Gasteiger partial charge is 0.262 e. The molecule has 0 radical (unpaired) electrons. The van der Waals surface area contributed by atoms with Gasteiger partial charge in [-0.1, -0.05) is 29.3 Å². The maximum Gasteiger partial charge on any atom is 0.262 e. The van der Waals surface area contributed by atoms with Crippen molar-refractivity contribution in [3.8, 4) is 0 Å². The predicted octanol–water partition coefficient (Wildman–Crippen LogP) is 3.45. The number of hydrogen-bond donors (Lipinski definition) is 1. The zero-order chi connectivity index (χ0) is 15.0. The third-order valence-corrected chi connectivity index (χ3v) is 5.17. The molecule has 0 bridgehead atoms. The number of benzene rings is 2. The van der Waals surface area contributed by atoms with E-state index in [2.05, 4.69) is 13.5 Å². The minimum atomic E-state index is -3.72. The van der Waals surface area contributed by atoms with Crippen molar-refractivity contribution < 1.29 is 8.42 Å². The Morgan fingerprint density at radius 2 is 1.81 bits per heavy atom. The Hall–Kier alpha value is -1.70. The van der Waals surface area contributed by atoms with E-state index >= 15 is 0 Å². The van der Waals surface area contributed by atoms with Gasteiger partial charge in [-0.2, -0.15) is 8.75 Å². The summed E-state index contributed by atoms with van der Waals surface area (Å²) in [6, 6.07) is 9.86. The number of aromatic nitrogens is 2. The van der Waals surface area contributed by atoms with Crippen molar-refractivity contribution in [2.24, 2.45) is 0 Å². The summed E-state index contributed by atoms with van der Waals surface area (Å²) in [5.41, 5.74) is 2.29. The summed E-state index contributed by atoms with van der Waals surface area (Å²) in [6.45, 7) is 1.89. The van der Waals surface area contributed by atoms with E-state index < -0.39 is 10.0 Å². The van der Waals surface area contributed by atoms with Gasteiger partial charge in [0.15, 0.2) is 0 Å². The zero-order valence-corrected chi connectivity index (χ0v) is 13.3. The van der Waals surface area contributed by atoms with Crippen molar-refractivity contribution in [1.29, 1.82) is 0 Å². The molecule has 3 aromatic rings. The van der Waals surface area contributed by atoms with Gasteiger partial charge in [0.05, 0.1) is 27.3 Å². The lowest BCUT2D eigenvalue weighted by Crippen LogP contribution is -2.13. The van der Waals surface area contributed by atoms with Crippen LogP contribution in [0.5, 0.6) is 0 Å². The third-order valence-electron chi connectivity index (χ3n) is 2.94. The molecule has 0 fully saturated rings. The highest BCUT2D eigenvalue weighted by molar-refractivity contribution is 7.92. The maximum atomic E-state index is 12.4. The first-order chi connectivity index (χ1) is 9.97. The number of aryl methyl sites for hydroxylation is 1. The number of fused-ring (bicyclic) bond motifs is 1. The van der Waals surface area contributed by atoms with Gasteiger partial charge in [0.1, 0.15) is 11.0 Å². The molecule has 0 aliphatic heterocycles. The highest BCUT2D eigenvalue weighted by atomic mass is 35.5. The summed E-state index contributed by atoms with van der Waals surface area (Å²) in [5, 5.41) is 0.283. The number of halogens is 1. The molecule has 0 aliphatic carbocycles. The van der Waals surface area contributed by atoms with Crippen LogP contribution in [0.4, 0.5) is 5.69 Å². The molecule has 0 unspecified atom stereocenters. The molecule has 8 heteroatoms. The topological polar surface area (TPSA) is 72.0 Å². The molecule has 0 spiro atoms. The maximum absolute atomic E-state index is 12.4. The van der Waals surface area contributed by atoms with Crippen LogP contribution in [0.25, 0.3) is 11.0 Å². The average Bonchev–Trinajstić information content (AvgIpc) is 2.91. The lowest BCUT2D eigenvalue weighted by molar-refractivity contribution is 0.601. The molecule has 0 saturated heterocycles. The molecule has 0 amide bonds. The number of hydrogen-bond acceptors (Lipinski definition) is 5. The van der Waals surface area contributed by atoms with Crippen molar-refractivity contribution in [3.63, 3.8) is 0 Å². The normalized spacial score (nSPS) is 11.7. The SMILES string of the molecule is Cc1ccc(S(=O)(=O)Nc2c(Cl)ccc3nsnc23)cc1. The number of nitrogens with zero attached hydrogens (tertiary/aromatic N) is 2. The van der Waals surface area contributed by atoms with E-state index in [4.69, 9.17) is 11.6 Å². The molecule has 5 nitrogen and oxygen atoms in total. The Kier molecular flexibility index (Phi) is 3.56. The quantitative estimate of drug-likeness (QED) is 0.793. The van der Waals surface area contributed by atoms with Crippen molar-refractivity contribution in [3.05, 3.63) is 47.0 Å². The van der Waals surface area contributed by atoms with E-state index in [9.17, 15) is 8.42 Å². The van der Waals surface area contributed by atoms with Crippen LogP contribution in [0.3, 0.4) is 0 Å². The summed E-state index contributed by atoms with van der Waals surface area (Å²) in [7, 11) is -3.72. The summed E-state index contributed by atoms with van der Waals surface area (Å²) >= 11 is 7.09. The molecule has 1 aromatic heterocycles. The lowest BCUT2D eigenvalue weighted by atomic mass is 10.2. The average molecular weight is 340 g/mol. The van der Waals surface area contributed by atoms with E-state index in [1.807, 2.05) is 6.92 Å². The van der Waals surface area contributed by atoms with Gasteiger partial charge in [-0.25, -0.2) is 8.42 Å². The van der Waals surface area contributed by atoms with Crippen LogP contribution in [-0.4, -0.2) is 17.2 Å². The number of rotatable bonds is 3. The fraction of sp³-hybridized carbons (Fsp3) is 0.0769. The van der Waals surface area contributed by atoms with Crippen LogP contribution >= 0.6 is 23.3 Å². The molecule has 0 saturated carbocycles. The molecule has 0 atom stereocenters. The largest absolute Gasteiger partial charge is 0.276 e. The van der Waals surface area contributed by atoms with Crippen LogP contribution in [-0.2, 0) is 10.0 Å². The summed E-state index contributed by atoms with van der Waals surface area (Å²) < 4.78 is 35.5. The molecule has 108 valence electrons. The van der Waals surface area contributed by atoms with E-state index in [1.54, 1.807) is 36.4 Å². The van der Waals surface area contributed by atoms with Gasteiger partial charge in [-0.15, -0.1) is 0 Å². The molecule has 2 aromatic carbocycles. The molecule has 3 rings (SSSR count). The Morgan fingerprint density at radius 1 is 1.10 bits per heavy atom. The van der Waals surface area contributed by atoms with Crippen LogP contribution in [0.2, 0.25) is 5.02 Å². The molecular weight excluding hydrogens is 330 g/mol. The molecule has 0 aliphatic rings. The van der Waals surface area contributed by atoms with E-state index in [1.165, 1.54) is 0 Å². The minimum Gasteiger partial charge on any atom is -0.276 e. The lowest BCUT2D eigenvalue weighted by Gasteiger charge is -2.10. The minimum absolute atomic E-state index is 0.171. The van der Waals surface area contributed by atoms with Crippen LogP contribution in [0, 0.1) is 6.92 Å². The van der Waals surface area contributed by atoms with E-state index in [-0.39, 0.29) is 15.6 Å². The van der Waals surface area contributed by atoms with Crippen molar-refractivity contribution >= 4 is 50.1 Å². The van der Waals surface area contributed by atoms with Gasteiger partial charge in [-0.05, 0) is 31.2 Å². The Balaban J connectivity index is 2.07. The van der Waals surface area contributed by atoms with Gasteiger partial charge in [-0.3, -0.25) is 4.72 Å². The summed E-state index contributed by atoms with van der Waals surface area (Å²) in [6.07, 6.45) is 0. The fourth-order valence-electron chi connectivity index (χ4n) is 1.83. The predicted molar refractivity (Wildman–Crippen MR) is 84.4 cm³/mol. The molecular formula is C13H10ClN3O2S2. The van der Waals surface area contributed by atoms with Crippen LogP contribution in [0.1, 0.15) is 5.56 Å². The van der Waals surface area contributed by atoms with Crippen molar-refractivity contribution in [2.75, 3.05) is 4.72 Å². The van der Waals surface area contributed by atoms with Crippen LogP contribution < -0.4 is 4.72 Å². The standard InChI is InChI=1S/C13H10ClN3O2S2/c1-8-2-4-9(5-3-8)21(18,19)17-12-10(14)6-7-11-13(12)16-20-15-11/h2-7,17H,1H3. The first-order valence-electron chi connectivity index (χ1n) is 5.97. The Bertz CT molecular complexity index is 905. The number of anilines is 1. The number of nitrogens with one attached hydrogen (secondary N) is 1. The third kappa shape index (κ3) is 2.72. The second kappa shape index (κ2) is 5.25. The van der Waals surface area contributed by atoms with E-state index in [0.29, 0.717) is 11.0 Å². The highest BCUT2D eigenvalue weighted by Crippen LogP contribution is 2.31. The van der Waals surface area contributed by atoms with Gasteiger partial charge in [0, 0.05) is 0 Å². The van der Waals surface area contributed by atoms with Crippen LogP contribution in [0.15, 0.2) is 41.3 Å².